The van der Waals surface area contributed by atoms with E-state index in [1.165, 1.54) is 11.0 Å². The molecule has 0 radical (unpaired) electrons. The van der Waals surface area contributed by atoms with E-state index in [-0.39, 0.29) is 5.91 Å². The standard InChI is InChI=1S/C17H12BrN7O/c18-13-3-1-2-12(8-13)15-9-19-17(21-15)22-16(26)11-4-6-14(7-5-11)25-10-20-23-24-25/h1-10H,(H2,19,21,22,26). The number of carbonyl (C=O) groups is 1. The minimum atomic E-state index is -0.261. The van der Waals surface area contributed by atoms with Gasteiger partial charge in [-0.25, -0.2) is 9.67 Å². The van der Waals surface area contributed by atoms with E-state index in [1.807, 2.05) is 24.3 Å². The van der Waals surface area contributed by atoms with E-state index in [0.29, 0.717) is 11.5 Å². The lowest BCUT2D eigenvalue weighted by Crippen LogP contribution is -2.13. The van der Waals surface area contributed by atoms with Gasteiger partial charge in [-0.1, -0.05) is 28.1 Å². The van der Waals surface area contributed by atoms with E-state index in [4.69, 9.17) is 0 Å². The first-order valence-corrected chi connectivity index (χ1v) is 8.44. The molecule has 2 aromatic heterocycles. The minimum Gasteiger partial charge on any atom is -0.324 e. The van der Waals surface area contributed by atoms with Gasteiger partial charge in [-0.2, -0.15) is 0 Å². The molecule has 8 nitrogen and oxygen atoms in total. The number of aromatic nitrogens is 6. The molecule has 2 heterocycles. The maximum atomic E-state index is 12.4. The van der Waals surface area contributed by atoms with E-state index in [9.17, 15) is 4.79 Å². The summed E-state index contributed by atoms with van der Waals surface area (Å²) in [6, 6.07) is 14.7. The summed E-state index contributed by atoms with van der Waals surface area (Å²) < 4.78 is 2.48. The van der Waals surface area contributed by atoms with E-state index >= 15 is 0 Å². The zero-order valence-corrected chi connectivity index (χ0v) is 14.9. The van der Waals surface area contributed by atoms with Gasteiger partial charge in [-0.3, -0.25) is 10.1 Å². The van der Waals surface area contributed by atoms with Gasteiger partial charge in [0, 0.05) is 15.6 Å². The molecule has 1 amide bonds. The van der Waals surface area contributed by atoms with Gasteiger partial charge in [0.2, 0.25) is 5.95 Å². The Kier molecular flexibility index (Phi) is 4.28. The first kappa shape index (κ1) is 16.2. The van der Waals surface area contributed by atoms with Crippen molar-refractivity contribution in [3.05, 3.63) is 71.1 Å². The van der Waals surface area contributed by atoms with Crippen LogP contribution in [0.5, 0.6) is 0 Å². The van der Waals surface area contributed by atoms with Crippen LogP contribution in [-0.2, 0) is 0 Å². The molecule has 0 aliphatic carbocycles. The highest BCUT2D eigenvalue weighted by Gasteiger charge is 2.10. The van der Waals surface area contributed by atoms with Gasteiger partial charge in [-0.05, 0) is 46.8 Å². The predicted molar refractivity (Wildman–Crippen MR) is 98.8 cm³/mol. The van der Waals surface area contributed by atoms with E-state index in [2.05, 4.69) is 46.7 Å². The fourth-order valence-electron chi connectivity index (χ4n) is 2.41. The minimum absolute atomic E-state index is 0.261. The topological polar surface area (TPSA) is 101 Å². The number of H-pyrrole nitrogens is 1. The van der Waals surface area contributed by atoms with Crippen molar-refractivity contribution in [2.24, 2.45) is 0 Å². The van der Waals surface area contributed by atoms with Gasteiger partial charge >= 0.3 is 0 Å². The van der Waals surface area contributed by atoms with Crippen LogP contribution in [0.25, 0.3) is 16.9 Å². The SMILES string of the molecule is O=C(Nc1ncc(-c2cccc(Br)c2)[nH]1)c1ccc(-n2cnnn2)cc1. The van der Waals surface area contributed by atoms with Gasteiger partial charge in [0.1, 0.15) is 6.33 Å². The number of benzene rings is 2. The molecular weight excluding hydrogens is 398 g/mol. The number of carbonyl (C=O) groups excluding carboxylic acids is 1. The summed E-state index contributed by atoms with van der Waals surface area (Å²) in [5.41, 5.74) is 3.05. The summed E-state index contributed by atoms with van der Waals surface area (Å²) in [6.45, 7) is 0. The zero-order chi connectivity index (χ0) is 17.9. The lowest BCUT2D eigenvalue weighted by Gasteiger charge is -2.04. The molecule has 0 aliphatic heterocycles. The van der Waals surface area contributed by atoms with Crippen molar-refractivity contribution in [2.45, 2.75) is 0 Å². The Balaban J connectivity index is 1.48. The fourth-order valence-corrected chi connectivity index (χ4v) is 2.81. The van der Waals surface area contributed by atoms with Crippen LogP contribution in [0.4, 0.5) is 5.95 Å². The number of aromatic amines is 1. The van der Waals surface area contributed by atoms with Gasteiger partial charge in [0.05, 0.1) is 17.6 Å². The van der Waals surface area contributed by atoms with Crippen molar-refractivity contribution >= 4 is 27.8 Å². The predicted octanol–water partition coefficient (Wildman–Crippen LogP) is 3.07. The number of anilines is 1. The maximum Gasteiger partial charge on any atom is 0.257 e. The molecule has 4 rings (SSSR count). The second-order valence-electron chi connectivity index (χ2n) is 5.41. The number of hydrogen-bond donors (Lipinski definition) is 2. The normalized spacial score (nSPS) is 10.7. The van der Waals surface area contributed by atoms with Gasteiger partial charge < -0.3 is 4.98 Å². The zero-order valence-electron chi connectivity index (χ0n) is 13.3. The second kappa shape index (κ2) is 6.89. The number of rotatable bonds is 4. The van der Waals surface area contributed by atoms with Crippen LogP contribution in [-0.4, -0.2) is 36.1 Å². The van der Waals surface area contributed by atoms with Crippen LogP contribution in [0, 0.1) is 0 Å². The number of amides is 1. The van der Waals surface area contributed by atoms with Crippen molar-refractivity contribution in [3.8, 4) is 16.9 Å². The number of hydrogen-bond acceptors (Lipinski definition) is 5. The fraction of sp³-hybridized carbons (Fsp3) is 0. The molecule has 0 fully saturated rings. The Morgan fingerprint density at radius 1 is 1.15 bits per heavy atom. The molecule has 0 saturated heterocycles. The Hall–Kier alpha value is -3.33. The first-order chi connectivity index (χ1) is 12.7. The molecule has 4 aromatic rings. The summed E-state index contributed by atoms with van der Waals surface area (Å²) in [5.74, 6) is 0.123. The van der Waals surface area contributed by atoms with Crippen LogP contribution in [0.2, 0.25) is 0 Å². The van der Waals surface area contributed by atoms with E-state index < -0.39 is 0 Å². The smallest absolute Gasteiger partial charge is 0.257 e. The average molecular weight is 410 g/mol. The Labute approximate surface area is 156 Å². The van der Waals surface area contributed by atoms with Crippen LogP contribution in [0.15, 0.2) is 65.5 Å². The Bertz CT molecular complexity index is 1040. The lowest BCUT2D eigenvalue weighted by molar-refractivity contribution is 0.102. The average Bonchev–Trinajstić information content (AvgIpc) is 3.34. The van der Waals surface area contributed by atoms with Gasteiger partial charge in [0.25, 0.3) is 5.91 Å². The summed E-state index contributed by atoms with van der Waals surface area (Å²) >= 11 is 3.44. The summed E-state index contributed by atoms with van der Waals surface area (Å²) in [5, 5.41) is 13.7. The van der Waals surface area contributed by atoms with E-state index in [1.54, 1.807) is 30.5 Å². The third-order valence-corrected chi connectivity index (χ3v) is 4.18. The van der Waals surface area contributed by atoms with Crippen molar-refractivity contribution in [2.75, 3.05) is 5.32 Å². The quantitative estimate of drug-likeness (QED) is 0.539. The molecule has 0 unspecified atom stereocenters. The summed E-state index contributed by atoms with van der Waals surface area (Å²) in [6.07, 6.45) is 3.17. The molecular formula is C17H12BrN7O. The molecule has 0 spiro atoms. The van der Waals surface area contributed by atoms with Crippen LogP contribution in [0.3, 0.4) is 0 Å². The number of halogens is 1. The largest absolute Gasteiger partial charge is 0.324 e. The first-order valence-electron chi connectivity index (χ1n) is 7.65. The molecule has 26 heavy (non-hydrogen) atoms. The summed E-state index contributed by atoms with van der Waals surface area (Å²) in [7, 11) is 0. The number of tetrazole rings is 1. The third kappa shape index (κ3) is 3.38. The Morgan fingerprint density at radius 2 is 2.00 bits per heavy atom. The third-order valence-electron chi connectivity index (χ3n) is 3.69. The molecule has 0 aliphatic rings. The van der Waals surface area contributed by atoms with Crippen LogP contribution in [0.1, 0.15) is 10.4 Å². The van der Waals surface area contributed by atoms with Crippen molar-refractivity contribution < 1.29 is 4.79 Å². The van der Waals surface area contributed by atoms with Crippen LogP contribution >= 0.6 is 15.9 Å². The van der Waals surface area contributed by atoms with Crippen LogP contribution < -0.4 is 5.32 Å². The van der Waals surface area contributed by atoms with Crippen molar-refractivity contribution in [1.29, 1.82) is 0 Å². The lowest BCUT2D eigenvalue weighted by atomic mass is 10.2. The molecule has 9 heteroatoms. The molecule has 0 saturated carbocycles. The maximum absolute atomic E-state index is 12.4. The molecule has 2 aromatic carbocycles. The number of nitrogens with one attached hydrogen (secondary N) is 2. The van der Waals surface area contributed by atoms with Crippen molar-refractivity contribution in [1.82, 2.24) is 30.2 Å². The molecule has 2 N–H and O–H groups in total. The molecule has 0 atom stereocenters. The monoisotopic (exact) mass is 409 g/mol. The Morgan fingerprint density at radius 3 is 2.73 bits per heavy atom. The van der Waals surface area contributed by atoms with Gasteiger partial charge in [0.15, 0.2) is 0 Å². The second-order valence-corrected chi connectivity index (χ2v) is 6.33. The molecule has 128 valence electrons. The van der Waals surface area contributed by atoms with Crippen molar-refractivity contribution in [3.63, 3.8) is 0 Å². The van der Waals surface area contributed by atoms with E-state index in [0.717, 1.165) is 21.4 Å². The van der Waals surface area contributed by atoms with Gasteiger partial charge in [-0.15, -0.1) is 5.10 Å². The summed E-state index contributed by atoms with van der Waals surface area (Å²) in [4.78, 5) is 19.7. The number of nitrogens with zero attached hydrogens (tertiary/aromatic N) is 5. The highest BCUT2D eigenvalue weighted by molar-refractivity contribution is 9.10. The highest BCUT2D eigenvalue weighted by Crippen LogP contribution is 2.22. The molecule has 0 bridgehead atoms. The highest BCUT2D eigenvalue weighted by atomic mass is 79.9. The number of imidazole rings is 1.